The van der Waals surface area contributed by atoms with Crippen molar-refractivity contribution >= 4 is 18.0 Å². The van der Waals surface area contributed by atoms with Crippen LogP contribution in [0.25, 0.3) is 11.1 Å². The van der Waals surface area contributed by atoms with Crippen LogP contribution in [-0.4, -0.2) is 55.0 Å². The van der Waals surface area contributed by atoms with E-state index < -0.39 is 17.6 Å². The molecule has 2 fully saturated rings. The number of alkyl carbamates (subject to hydrolysis) is 1. The molecule has 3 unspecified atom stereocenters. The van der Waals surface area contributed by atoms with E-state index in [2.05, 4.69) is 34.9 Å². The Morgan fingerprint density at radius 1 is 1.06 bits per heavy atom. The average molecular weight is 450 g/mol. The average Bonchev–Trinajstić information content (AvgIpc) is 3.33. The zero-order valence-electron chi connectivity index (χ0n) is 18.1. The van der Waals surface area contributed by atoms with E-state index in [0.717, 1.165) is 11.1 Å². The van der Waals surface area contributed by atoms with Crippen LogP contribution in [0.1, 0.15) is 29.9 Å². The molecule has 2 aliphatic carbocycles. The smallest absolute Gasteiger partial charge is 0.407 e. The lowest BCUT2D eigenvalue weighted by Crippen LogP contribution is -2.55. The normalized spacial score (nSPS) is 25.1. The minimum atomic E-state index is -1.34. The van der Waals surface area contributed by atoms with E-state index in [-0.39, 0.29) is 43.3 Å². The third-order valence-electron chi connectivity index (χ3n) is 6.91. The molecule has 0 spiro atoms. The van der Waals surface area contributed by atoms with Gasteiger partial charge in [0.25, 0.3) is 0 Å². The van der Waals surface area contributed by atoms with Gasteiger partial charge in [0, 0.05) is 31.4 Å². The van der Waals surface area contributed by atoms with Crippen molar-refractivity contribution in [2.24, 2.45) is 11.8 Å². The van der Waals surface area contributed by atoms with Gasteiger partial charge in [-0.05, 0) is 34.6 Å². The van der Waals surface area contributed by atoms with E-state index in [9.17, 15) is 19.5 Å². The van der Waals surface area contributed by atoms with Crippen molar-refractivity contribution in [2.75, 3.05) is 26.4 Å². The van der Waals surface area contributed by atoms with Gasteiger partial charge in [-0.25, -0.2) is 9.59 Å². The van der Waals surface area contributed by atoms with Crippen molar-refractivity contribution in [2.45, 2.75) is 24.3 Å². The van der Waals surface area contributed by atoms with Crippen LogP contribution in [-0.2, 0) is 19.1 Å². The first-order chi connectivity index (χ1) is 16.0. The first-order valence-electron chi connectivity index (χ1n) is 11.2. The van der Waals surface area contributed by atoms with Crippen molar-refractivity contribution < 1.29 is 29.0 Å². The summed E-state index contributed by atoms with van der Waals surface area (Å²) in [7, 11) is 0. The lowest BCUT2D eigenvalue weighted by Gasteiger charge is -2.23. The lowest BCUT2D eigenvalue weighted by molar-refractivity contribution is -0.147. The number of benzene rings is 2. The Hall–Kier alpha value is -3.39. The fraction of sp³-hybridized carbons (Fsp3) is 0.400. The van der Waals surface area contributed by atoms with E-state index >= 15 is 0 Å². The number of rotatable bonds is 7. The Morgan fingerprint density at radius 3 is 2.33 bits per heavy atom. The summed E-state index contributed by atoms with van der Waals surface area (Å²) in [6.07, 6.45) is 0.337. The lowest BCUT2D eigenvalue weighted by atomic mass is 9.98. The van der Waals surface area contributed by atoms with Crippen LogP contribution in [0.4, 0.5) is 4.79 Å². The number of carboxylic acid groups (broad SMARTS) is 1. The van der Waals surface area contributed by atoms with Crippen molar-refractivity contribution in [3.8, 4) is 11.1 Å². The number of carbonyl (C=O) groups is 3. The summed E-state index contributed by atoms with van der Waals surface area (Å²) in [5.74, 6) is -1.73. The van der Waals surface area contributed by atoms with Crippen molar-refractivity contribution in [3.63, 3.8) is 0 Å². The highest BCUT2D eigenvalue weighted by atomic mass is 16.5. The van der Waals surface area contributed by atoms with Gasteiger partial charge in [-0.1, -0.05) is 48.5 Å². The number of hydrogen-bond acceptors (Lipinski definition) is 5. The summed E-state index contributed by atoms with van der Waals surface area (Å²) in [5.41, 5.74) is 3.29. The topological polar surface area (TPSA) is 114 Å². The summed E-state index contributed by atoms with van der Waals surface area (Å²) in [5, 5.41) is 14.9. The number of nitrogens with one attached hydrogen (secondary N) is 2. The second-order valence-corrected chi connectivity index (χ2v) is 8.99. The third-order valence-corrected chi connectivity index (χ3v) is 6.91. The maximum atomic E-state index is 12.5. The molecule has 0 bridgehead atoms. The van der Waals surface area contributed by atoms with E-state index in [1.54, 1.807) is 0 Å². The second kappa shape index (κ2) is 8.51. The maximum absolute atomic E-state index is 12.5. The van der Waals surface area contributed by atoms with Crippen LogP contribution in [0, 0.1) is 11.8 Å². The molecular formula is C25H26N2O6. The fourth-order valence-corrected chi connectivity index (χ4v) is 4.87. The first-order valence-corrected chi connectivity index (χ1v) is 11.2. The molecule has 2 aromatic carbocycles. The quantitative estimate of drug-likeness (QED) is 0.597. The second-order valence-electron chi connectivity index (χ2n) is 8.99. The molecule has 0 aromatic heterocycles. The van der Waals surface area contributed by atoms with E-state index in [1.807, 2.05) is 24.3 Å². The van der Waals surface area contributed by atoms with Gasteiger partial charge in [0.1, 0.15) is 6.61 Å². The minimum Gasteiger partial charge on any atom is -0.479 e. The van der Waals surface area contributed by atoms with E-state index in [0.29, 0.717) is 19.6 Å². The largest absolute Gasteiger partial charge is 0.479 e. The van der Waals surface area contributed by atoms with Crippen molar-refractivity contribution in [1.29, 1.82) is 0 Å². The SMILES string of the molecule is O=C(NCC1CC1C(=O)NC1(C(=O)O)CCOC1)OCC1c2ccccc2-c2ccccc21. The van der Waals surface area contributed by atoms with Gasteiger partial charge in [0.2, 0.25) is 5.91 Å². The van der Waals surface area contributed by atoms with Crippen LogP contribution >= 0.6 is 0 Å². The molecular weight excluding hydrogens is 424 g/mol. The predicted molar refractivity (Wildman–Crippen MR) is 119 cm³/mol. The van der Waals surface area contributed by atoms with Gasteiger partial charge in [-0.15, -0.1) is 0 Å². The van der Waals surface area contributed by atoms with E-state index in [1.165, 1.54) is 11.1 Å². The van der Waals surface area contributed by atoms with Crippen LogP contribution in [0.3, 0.4) is 0 Å². The Bertz CT molecular complexity index is 1050. The summed E-state index contributed by atoms with van der Waals surface area (Å²) >= 11 is 0. The van der Waals surface area contributed by atoms with Gasteiger partial charge in [-0.2, -0.15) is 0 Å². The molecule has 2 amide bonds. The summed E-state index contributed by atoms with van der Waals surface area (Å²) < 4.78 is 10.7. The molecule has 1 saturated carbocycles. The molecule has 3 aliphatic rings. The van der Waals surface area contributed by atoms with Crippen LogP contribution in [0.2, 0.25) is 0 Å². The van der Waals surface area contributed by atoms with Gasteiger partial charge in [0.15, 0.2) is 5.54 Å². The van der Waals surface area contributed by atoms with Crippen molar-refractivity contribution in [3.05, 3.63) is 59.7 Å². The minimum absolute atomic E-state index is 0.0107. The predicted octanol–water partition coefficient (Wildman–Crippen LogP) is 2.52. The Kier molecular flexibility index (Phi) is 5.54. The van der Waals surface area contributed by atoms with E-state index in [4.69, 9.17) is 9.47 Å². The number of fused-ring (bicyclic) bond motifs is 3. The molecule has 1 heterocycles. The monoisotopic (exact) mass is 450 g/mol. The molecule has 8 nitrogen and oxygen atoms in total. The molecule has 3 atom stereocenters. The van der Waals surface area contributed by atoms with Gasteiger partial charge in [-0.3, -0.25) is 4.79 Å². The zero-order chi connectivity index (χ0) is 23.0. The first kappa shape index (κ1) is 21.5. The highest BCUT2D eigenvalue weighted by molar-refractivity contribution is 5.90. The number of ether oxygens (including phenoxy) is 2. The van der Waals surface area contributed by atoms with Gasteiger partial charge < -0.3 is 25.2 Å². The molecule has 0 radical (unpaired) electrons. The molecule has 2 aromatic rings. The Balaban J connectivity index is 1.11. The van der Waals surface area contributed by atoms with Crippen molar-refractivity contribution in [1.82, 2.24) is 10.6 Å². The summed E-state index contributed by atoms with van der Waals surface area (Å²) in [6.45, 7) is 0.828. The molecule has 8 heteroatoms. The zero-order valence-corrected chi connectivity index (χ0v) is 18.1. The molecule has 3 N–H and O–H groups in total. The number of hydrogen-bond donors (Lipinski definition) is 3. The summed E-state index contributed by atoms with van der Waals surface area (Å²) in [6, 6.07) is 16.3. The fourth-order valence-electron chi connectivity index (χ4n) is 4.87. The number of carbonyl (C=O) groups excluding carboxylic acids is 2. The Labute approximate surface area is 191 Å². The standard InChI is InChI=1S/C25H26N2O6/c28-22(27-25(23(29)30)9-10-32-14-25)20-11-15(20)12-26-24(31)33-13-21-18-7-3-1-5-16(18)17-6-2-4-8-19(17)21/h1-8,15,20-21H,9-14H2,(H,26,31)(H,27,28)(H,29,30). The van der Waals surface area contributed by atoms with Gasteiger partial charge >= 0.3 is 12.1 Å². The molecule has 1 saturated heterocycles. The van der Waals surface area contributed by atoms with Crippen LogP contribution in [0.15, 0.2) is 48.5 Å². The molecule has 33 heavy (non-hydrogen) atoms. The summed E-state index contributed by atoms with van der Waals surface area (Å²) in [4.78, 5) is 36.4. The van der Waals surface area contributed by atoms with Gasteiger partial charge in [0.05, 0.1) is 6.61 Å². The number of carboxylic acids is 1. The van der Waals surface area contributed by atoms with Crippen LogP contribution < -0.4 is 10.6 Å². The Morgan fingerprint density at radius 2 is 1.73 bits per heavy atom. The molecule has 5 rings (SSSR count). The number of aliphatic carboxylic acids is 1. The third kappa shape index (κ3) is 4.06. The molecule has 1 aliphatic heterocycles. The highest BCUT2D eigenvalue weighted by Gasteiger charge is 2.49. The highest BCUT2D eigenvalue weighted by Crippen LogP contribution is 2.44. The van der Waals surface area contributed by atoms with Crippen LogP contribution in [0.5, 0.6) is 0 Å². The molecule has 172 valence electrons. The number of amides is 2. The maximum Gasteiger partial charge on any atom is 0.407 e.